The van der Waals surface area contributed by atoms with E-state index in [2.05, 4.69) is 16.8 Å². The van der Waals surface area contributed by atoms with Crippen LogP contribution in [0.4, 0.5) is 0 Å². The fourth-order valence-electron chi connectivity index (χ4n) is 3.63. The summed E-state index contributed by atoms with van der Waals surface area (Å²) in [4.78, 5) is 32.8. The van der Waals surface area contributed by atoms with Gasteiger partial charge in [0.25, 0.3) is 11.8 Å². The minimum atomic E-state index is -0.143. The highest BCUT2D eigenvalue weighted by atomic mass is 32.1. The van der Waals surface area contributed by atoms with Crippen LogP contribution >= 0.6 is 11.3 Å². The van der Waals surface area contributed by atoms with Crippen molar-refractivity contribution in [3.8, 4) is 0 Å². The molecule has 0 saturated carbocycles. The van der Waals surface area contributed by atoms with E-state index in [1.807, 2.05) is 38.4 Å². The van der Waals surface area contributed by atoms with E-state index in [0.717, 1.165) is 30.8 Å². The van der Waals surface area contributed by atoms with Crippen molar-refractivity contribution in [2.75, 3.05) is 33.7 Å². The molecule has 6 heteroatoms. The number of piperidine rings is 1. The molecule has 0 aliphatic carbocycles. The zero-order valence-electron chi connectivity index (χ0n) is 15.5. The first-order valence-electron chi connectivity index (χ1n) is 8.95. The lowest BCUT2D eigenvalue weighted by molar-refractivity contribution is -0.138. The van der Waals surface area contributed by atoms with Gasteiger partial charge in [0.2, 0.25) is 0 Å². The molecule has 1 fully saturated rings. The third-order valence-corrected chi connectivity index (χ3v) is 5.93. The molecule has 0 bridgehead atoms. The number of rotatable bonds is 5. The zero-order chi connectivity index (χ0) is 18.1. The van der Waals surface area contributed by atoms with Crippen molar-refractivity contribution in [3.05, 3.63) is 28.1 Å². The Bertz CT molecular complexity index is 673. The Kier molecular flexibility index (Phi) is 5.29. The van der Waals surface area contributed by atoms with Crippen molar-refractivity contribution in [1.29, 1.82) is 0 Å². The molecule has 1 saturated heterocycles. The summed E-state index contributed by atoms with van der Waals surface area (Å²) in [6, 6.07) is 4.17. The molecule has 0 aromatic carbocycles. The van der Waals surface area contributed by atoms with Gasteiger partial charge in [-0.15, -0.1) is 11.3 Å². The molecule has 25 heavy (non-hydrogen) atoms. The highest BCUT2D eigenvalue weighted by Gasteiger charge is 2.42. The first-order valence-corrected chi connectivity index (χ1v) is 9.83. The molecule has 1 aromatic heterocycles. The maximum absolute atomic E-state index is 13.1. The molecule has 0 atom stereocenters. The van der Waals surface area contributed by atoms with Gasteiger partial charge in [-0.3, -0.25) is 14.5 Å². The maximum Gasteiger partial charge on any atom is 0.277 e. The Morgan fingerprint density at radius 2 is 1.92 bits per heavy atom. The van der Waals surface area contributed by atoms with Crippen molar-refractivity contribution in [1.82, 2.24) is 14.7 Å². The minimum Gasteiger partial charge on any atom is -0.366 e. The quantitative estimate of drug-likeness (QED) is 0.756. The molecule has 0 N–H and O–H groups in total. The van der Waals surface area contributed by atoms with Gasteiger partial charge < -0.3 is 9.80 Å². The van der Waals surface area contributed by atoms with E-state index in [9.17, 15) is 9.59 Å². The van der Waals surface area contributed by atoms with E-state index in [0.29, 0.717) is 23.9 Å². The van der Waals surface area contributed by atoms with Crippen LogP contribution in [0.1, 0.15) is 31.6 Å². The molecule has 2 amide bonds. The maximum atomic E-state index is 13.1. The Balaban J connectivity index is 1.96. The van der Waals surface area contributed by atoms with Crippen LogP contribution in [0.3, 0.4) is 0 Å². The van der Waals surface area contributed by atoms with Gasteiger partial charge in [-0.2, -0.15) is 0 Å². The molecule has 0 unspecified atom stereocenters. The van der Waals surface area contributed by atoms with Crippen LogP contribution in [0.5, 0.6) is 0 Å². The van der Waals surface area contributed by atoms with Gasteiger partial charge in [0, 0.05) is 24.5 Å². The predicted octanol–water partition coefficient (Wildman–Crippen LogP) is 2.51. The topological polar surface area (TPSA) is 43.9 Å². The van der Waals surface area contributed by atoms with E-state index >= 15 is 0 Å². The second-order valence-electron chi connectivity index (χ2n) is 7.46. The van der Waals surface area contributed by atoms with Crippen LogP contribution in [-0.4, -0.2) is 66.3 Å². The van der Waals surface area contributed by atoms with Gasteiger partial charge in [0.1, 0.15) is 5.70 Å². The van der Waals surface area contributed by atoms with Crippen molar-refractivity contribution in [2.24, 2.45) is 5.92 Å². The van der Waals surface area contributed by atoms with Crippen molar-refractivity contribution in [2.45, 2.75) is 32.7 Å². The number of carbonyl (C=O) groups excluding carboxylic acids is 2. The van der Waals surface area contributed by atoms with Gasteiger partial charge in [0.15, 0.2) is 0 Å². The van der Waals surface area contributed by atoms with Gasteiger partial charge in [-0.25, -0.2) is 0 Å². The Morgan fingerprint density at radius 1 is 1.24 bits per heavy atom. The summed E-state index contributed by atoms with van der Waals surface area (Å²) >= 11 is 1.52. The van der Waals surface area contributed by atoms with E-state index in [1.165, 1.54) is 16.2 Å². The van der Waals surface area contributed by atoms with Crippen LogP contribution in [-0.2, 0) is 9.59 Å². The second-order valence-corrected chi connectivity index (χ2v) is 8.41. The molecular weight excluding hydrogens is 334 g/mol. The highest BCUT2D eigenvalue weighted by molar-refractivity contribution is 7.11. The SMILES string of the molecule is CC(C)CN1C(=O)C(c2cccs2)=C(N(C)C2CCN(C)CC2)C1=O. The standard InChI is InChI=1S/C19H27N3O2S/c1-13(2)12-22-18(23)16(15-6-5-11-25-15)17(19(22)24)21(4)14-7-9-20(3)10-8-14/h5-6,11,13-14H,7-10,12H2,1-4H3. The molecule has 2 aliphatic rings. The summed E-state index contributed by atoms with van der Waals surface area (Å²) in [7, 11) is 4.10. The molecule has 0 radical (unpaired) electrons. The third-order valence-electron chi connectivity index (χ3n) is 5.05. The van der Waals surface area contributed by atoms with E-state index in [4.69, 9.17) is 0 Å². The van der Waals surface area contributed by atoms with Crippen molar-refractivity contribution in [3.63, 3.8) is 0 Å². The fourth-order valence-corrected chi connectivity index (χ4v) is 4.39. The number of thiophene rings is 1. The second kappa shape index (κ2) is 7.30. The average Bonchev–Trinajstić information content (AvgIpc) is 3.17. The van der Waals surface area contributed by atoms with Gasteiger partial charge in [-0.05, 0) is 50.3 Å². The largest absolute Gasteiger partial charge is 0.366 e. The van der Waals surface area contributed by atoms with Crippen LogP contribution in [0.2, 0.25) is 0 Å². The van der Waals surface area contributed by atoms with Crippen LogP contribution in [0.15, 0.2) is 23.2 Å². The summed E-state index contributed by atoms with van der Waals surface area (Å²) in [5, 5.41) is 1.96. The van der Waals surface area contributed by atoms with Gasteiger partial charge in [0.05, 0.1) is 5.57 Å². The number of nitrogens with zero attached hydrogens (tertiary/aromatic N) is 3. The molecule has 136 valence electrons. The lowest BCUT2D eigenvalue weighted by Gasteiger charge is -2.36. The molecule has 2 aliphatic heterocycles. The first kappa shape index (κ1) is 18.1. The predicted molar refractivity (Wildman–Crippen MR) is 101 cm³/mol. The Morgan fingerprint density at radius 3 is 2.48 bits per heavy atom. The van der Waals surface area contributed by atoms with Crippen molar-refractivity contribution >= 4 is 28.7 Å². The smallest absolute Gasteiger partial charge is 0.277 e. The first-order chi connectivity index (χ1) is 11.9. The third kappa shape index (κ3) is 3.51. The number of likely N-dealkylation sites (tertiary alicyclic amines) is 1. The minimum absolute atomic E-state index is 0.136. The van der Waals surface area contributed by atoms with E-state index in [-0.39, 0.29) is 17.7 Å². The fraction of sp³-hybridized carbons (Fsp3) is 0.579. The number of hydrogen-bond acceptors (Lipinski definition) is 5. The Labute approximate surface area is 153 Å². The number of imide groups is 1. The molecular formula is C19H27N3O2S. The van der Waals surface area contributed by atoms with E-state index in [1.54, 1.807) is 0 Å². The van der Waals surface area contributed by atoms with Crippen LogP contribution in [0.25, 0.3) is 5.57 Å². The van der Waals surface area contributed by atoms with Crippen molar-refractivity contribution < 1.29 is 9.59 Å². The molecule has 3 heterocycles. The molecule has 5 nitrogen and oxygen atoms in total. The van der Waals surface area contributed by atoms with Crippen LogP contribution < -0.4 is 0 Å². The lowest BCUT2D eigenvalue weighted by Crippen LogP contribution is -2.44. The normalized spacial score (nSPS) is 20.3. The summed E-state index contributed by atoms with van der Waals surface area (Å²) in [5.74, 6) is -0.0232. The van der Waals surface area contributed by atoms with Gasteiger partial charge >= 0.3 is 0 Å². The summed E-state index contributed by atoms with van der Waals surface area (Å²) in [6.07, 6.45) is 2.03. The number of carbonyl (C=O) groups is 2. The number of likely N-dealkylation sites (N-methyl/N-ethyl adjacent to an activating group) is 1. The number of hydrogen-bond donors (Lipinski definition) is 0. The summed E-state index contributed by atoms with van der Waals surface area (Å²) in [5.41, 5.74) is 1.17. The van der Waals surface area contributed by atoms with E-state index < -0.39 is 0 Å². The average molecular weight is 362 g/mol. The summed E-state index contributed by atoms with van der Waals surface area (Å²) in [6.45, 7) is 6.58. The van der Waals surface area contributed by atoms with Gasteiger partial charge in [-0.1, -0.05) is 19.9 Å². The highest BCUT2D eigenvalue weighted by Crippen LogP contribution is 2.35. The lowest BCUT2D eigenvalue weighted by atomic mass is 10.0. The number of amides is 2. The molecule has 0 spiro atoms. The van der Waals surface area contributed by atoms with Crippen LogP contribution in [0, 0.1) is 5.92 Å². The zero-order valence-corrected chi connectivity index (χ0v) is 16.3. The summed E-state index contributed by atoms with van der Waals surface area (Å²) < 4.78 is 0. The molecule has 1 aromatic rings. The Hall–Kier alpha value is -1.66. The molecule has 3 rings (SSSR count). The monoisotopic (exact) mass is 361 g/mol.